The standard InChI is InChI=1S/C10H7F3N2O3S2/c11-10(12,13)8-5-19-9(14-8)7-1-3-15(4-2-7)6-20(16,17)18/h1-5H,6H2/p+1. The highest BCUT2D eigenvalue weighted by molar-refractivity contribution is 7.84. The maximum Gasteiger partial charge on any atom is 0.434 e. The molecule has 2 rings (SSSR count). The SMILES string of the molecule is O=S(=O)(O)C[n+]1ccc(-c2nc(C(F)(F)F)cs2)cc1. The van der Waals surface area contributed by atoms with Crippen molar-refractivity contribution in [2.75, 3.05) is 0 Å². The molecule has 0 spiro atoms. The van der Waals surface area contributed by atoms with Gasteiger partial charge in [-0.1, -0.05) is 0 Å². The third-order valence-electron chi connectivity index (χ3n) is 2.24. The fraction of sp³-hybridized carbons (Fsp3) is 0.200. The molecule has 0 fully saturated rings. The first kappa shape index (κ1) is 14.9. The molecule has 5 nitrogen and oxygen atoms in total. The highest BCUT2D eigenvalue weighted by atomic mass is 32.2. The Hall–Kier alpha value is -1.52. The summed E-state index contributed by atoms with van der Waals surface area (Å²) in [6.07, 6.45) is -1.83. The summed E-state index contributed by atoms with van der Waals surface area (Å²) in [5.74, 6) is -0.626. The molecule has 0 radical (unpaired) electrons. The summed E-state index contributed by atoms with van der Waals surface area (Å²) in [5.41, 5.74) is -0.538. The maximum atomic E-state index is 12.4. The minimum atomic E-state index is -4.49. The molecule has 0 saturated carbocycles. The lowest BCUT2D eigenvalue weighted by Crippen LogP contribution is -2.36. The topological polar surface area (TPSA) is 71.1 Å². The largest absolute Gasteiger partial charge is 0.434 e. The van der Waals surface area contributed by atoms with Gasteiger partial charge in [-0.15, -0.1) is 11.3 Å². The molecule has 0 amide bonds. The van der Waals surface area contributed by atoms with Crippen LogP contribution in [0.3, 0.4) is 0 Å². The van der Waals surface area contributed by atoms with E-state index in [0.717, 1.165) is 16.7 Å². The van der Waals surface area contributed by atoms with E-state index < -0.39 is 27.9 Å². The molecular weight excluding hydrogens is 317 g/mol. The van der Waals surface area contributed by atoms with Crippen LogP contribution in [0.2, 0.25) is 0 Å². The number of hydrogen-bond donors (Lipinski definition) is 1. The quantitative estimate of drug-likeness (QED) is 0.692. The fourth-order valence-electron chi connectivity index (χ4n) is 1.41. The molecule has 1 N–H and O–H groups in total. The Morgan fingerprint density at radius 2 is 1.90 bits per heavy atom. The van der Waals surface area contributed by atoms with Crippen molar-refractivity contribution < 1.29 is 30.7 Å². The summed E-state index contributed by atoms with van der Waals surface area (Å²) in [6.45, 7) is 0. The van der Waals surface area contributed by atoms with Crippen molar-refractivity contribution in [1.29, 1.82) is 0 Å². The predicted molar refractivity (Wildman–Crippen MR) is 64.3 cm³/mol. The Kier molecular flexibility index (Phi) is 3.80. The molecule has 2 aromatic heterocycles. The number of halogens is 3. The van der Waals surface area contributed by atoms with Crippen LogP contribution < -0.4 is 4.57 Å². The zero-order chi connectivity index (χ0) is 15.0. The molecule has 10 heteroatoms. The molecule has 0 aromatic carbocycles. The van der Waals surface area contributed by atoms with Crippen molar-refractivity contribution in [1.82, 2.24) is 4.98 Å². The molecule has 108 valence electrons. The highest BCUT2D eigenvalue weighted by Crippen LogP contribution is 2.33. The van der Waals surface area contributed by atoms with Crippen LogP contribution in [0.25, 0.3) is 10.6 Å². The van der Waals surface area contributed by atoms with E-state index in [1.54, 1.807) is 0 Å². The van der Waals surface area contributed by atoms with Gasteiger partial charge in [-0.05, 0) is 0 Å². The number of rotatable bonds is 3. The van der Waals surface area contributed by atoms with Crippen molar-refractivity contribution in [3.63, 3.8) is 0 Å². The molecular formula is C10H8F3N2O3S2+. The summed E-state index contributed by atoms with van der Waals surface area (Å²) in [7, 11) is -4.17. The van der Waals surface area contributed by atoms with Crippen LogP contribution in [0.1, 0.15) is 5.69 Å². The van der Waals surface area contributed by atoms with Crippen molar-refractivity contribution in [2.24, 2.45) is 0 Å². The number of nitrogens with zero attached hydrogens (tertiary/aromatic N) is 2. The Labute approximate surface area is 116 Å². The first-order chi connectivity index (χ1) is 9.15. The van der Waals surface area contributed by atoms with Gasteiger partial charge in [-0.25, -0.2) is 4.98 Å². The average Bonchev–Trinajstić information content (AvgIpc) is 2.76. The van der Waals surface area contributed by atoms with E-state index in [1.165, 1.54) is 29.1 Å². The Bertz CT molecular complexity index is 708. The number of hydrogen-bond acceptors (Lipinski definition) is 4. The Morgan fingerprint density at radius 1 is 1.30 bits per heavy atom. The van der Waals surface area contributed by atoms with E-state index in [4.69, 9.17) is 4.55 Å². The van der Waals surface area contributed by atoms with Crippen LogP contribution in [-0.4, -0.2) is 18.0 Å². The van der Waals surface area contributed by atoms with E-state index in [9.17, 15) is 21.6 Å². The van der Waals surface area contributed by atoms with Crippen molar-refractivity contribution in [2.45, 2.75) is 12.1 Å². The van der Waals surface area contributed by atoms with Gasteiger partial charge >= 0.3 is 16.3 Å². The molecule has 20 heavy (non-hydrogen) atoms. The fourth-order valence-corrected chi connectivity index (χ4v) is 2.79. The van der Waals surface area contributed by atoms with Crippen LogP contribution in [0, 0.1) is 0 Å². The second kappa shape index (κ2) is 5.11. The summed E-state index contributed by atoms with van der Waals surface area (Å²) in [5, 5.41) is 1.09. The minimum absolute atomic E-state index is 0.177. The second-order valence-corrected chi connectivity index (χ2v) is 6.13. The monoisotopic (exact) mass is 325 g/mol. The molecule has 0 unspecified atom stereocenters. The van der Waals surface area contributed by atoms with E-state index >= 15 is 0 Å². The normalized spacial score (nSPS) is 12.6. The van der Waals surface area contributed by atoms with Gasteiger partial charge in [0.15, 0.2) is 18.1 Å². The van der Waals surface area contributed by atoms with Gasteiger partial charge in [0.25, 0.3) is 5.88 Å². The molecule has 2 aromatic rings. The molecule has 0 bridgehead atoms. The molecule has 0 aliphatic rings. The summed E-state index contributed by atoms with van der Waals surface area (Å²) < 4.78 is 68.4. The van der Waals surface area contributed by atoms with E-state index in [-0.39, 0.29) is 5.01 Å². The molecule has 0 aliphatic carbocycles. The van der Waals surface area contributed by atoms with Crippen LogP contribution in [0.4, 0.5) is 13.2 Å². The van der Waals surface area contributed by atoms with Crippen LogP contribution in [0.15, 0.2) is 29.9 Å². The lowest BCUT2D eigenvalue weighted by Gasteiger charge is -2.00. The van der Waals surface area contributed by atoms with Crippen molar-refractivity contribution in [3.8, 4) is 10.6 Å². The molecule has 0 aliphatic heterocycles. The van der Waals surface area contributed by atoms with Crippen molar-refractivity contribution in [3.05, 3.63) is 35.6 Å². The van der Waals surface area contributed by atoms with Gasteiger partial charge in [0.05, 0.1) is 0 Å². The zero-order valence-electron chi connectivity index (χ0n) is 9.70. The van der Waals surface area contributed by atoms with Gasteiger partial charge in [-0.3, -0.25) is 4.55 Å². The Balaban J connectivity index is 2.24. The predicted octanol–water partition coefficient (Wildman–Crippen LogP) is 1.96. The average molecular weight is 325 g/mol. The zero-order valence-corrected chi connectivity index (χ0v) is 11.3. The summed E-state index contributed by atoms with van der Waals surface area (Å²) in [4.78, 5) is 3.47. The molecule has 0 saturated heterocycles. The van der Waals surface area contributed by atoms with E-state index in [1.807, 2.05) is 0 Å². The third kappa shape index (κ3) is 3.74. The van der Waals surface area contributed by atoms with Gasteiger partial charge < -0.3 is 0 Å². The molecule has 0 atom stereocenters. The Morgan fingerprint density at radius 3 is 2.35 bits per heavy atom. The first-order valence-electron chi connectivity index (χ1n) is 5.12. The van der Waals surface area contributed by atoms with Gasteiger partial charge in [0.1, 0.15) is 5.01 Å². The highest BCUT2D eigenvalue weighted by Gasteiger charge is 2.33. The smallest absolute Gasteiger partial charge is 0.281 e. The second-order valence-electron chi connectivity index (χ2n) is 3.85. The first-order valence-corrected chi connectivity index (χ1v) is 7.61. The van der Waals surface area contributed by atoms with E-state index in [0.29, 0.717) is 5.56 Å². The van der Waals surface area contributed by atoms with Crippen LogP contribution >= 0.6 is 11.3 Å². The van der Waals surface area contributed by atoms with Crippen molar-refractivity contribution >= 4 is 21.5 Å². The van der Waals surface area contributed by atoms with Gasteiger partial charge in [0, 0.05) is 23.1 Å². The minimum Gasteiger partial charge on any atom is -0.281 e. The van der Waals surface area contributed by atoms with Gasteiger partial charge in [0.2, 0.25) is 0 Å². The van der Waals surface area contributed by atoms with Crippen LogP contribution in [0.5, 0.6) is 0 Å². The van der Waals surface area contributed by atoms with Gasteiger partial charge in [-0.2, -0.15) is 26.2 Å². The third-order valence-corrected chi connectivity index (χ3v) is 3.76. The lowest BCUT2D eigenvalue weighted by molar-refractivity contribution is -0.678. The maximum absolute atomic E-state index is 12.4. The molecule has 2 heterocycles. The summed E-state index contributed by atoms with van der Waals surface area (Å²) >= 11 is 0.841. The number of thiazole rings is 1. The lowest BCUT2D eigenvalue weighted by atomic mass is 10.3. The number of alkyl halides is 3. The summed E-state index contributed by atoms with van der Waals surface area (Å²) in [6, 6.07) is 2.84. The van der Waals surface area contributed by atoms with Crippen LogP contribution in [-0.2, 0) is 22.2 Å². The number of aromatic nitrogens is 2. The van der Waals surface area contributed by atoms with E-state index in [2.05, 4.69) is 4.98 Å². The number of pyridine rings is 1.